The van der Waals surface area contributed by atoms with Gasteiger partial charge in [-0.15, -0.1) is 0 Å². The van der Waals surface area contributed by atoms with Crippen molar-refractivity contribution in [1.29, 1.82) is 0 Å². The summed E-state index contributed by atoms with van der Waals surface area (Å²) in [6, 6.07) is 12.0. The Bertz CT molecular complexity index is 1070. The minimum atomic E-state index is -0.493. The summed E-state index contributed by atoms with van der Waals surface area (Å²) in [7, 11) is 4.76. The summed E-state index contributed by atoms with van der Waals surface area (Å²) in [5, 5.41) is 5.33. The van der Waals surface area contributed by atoms with Gasteiger partial charge in [0.05, 0.1) is 6.61 Å². The maximum Gasteiger partial charge on any atom is 0.406 e. The first-order chi connectivity index (χ1) is 17.5. The van der Waals surface area contributed by atoms with Gasteiger partial charge in [-0.3, -0.25) is 9.59 Å². The molecule has 36 heavy (non-hydrogen) atoms. The fourth-order valence-corrected chi connectivity index (χ4v) is 4.60. The lowest BCUT2D eigenvalue weighted by Crippen LogP contribution is -2.26. The highest BCUT2D eigenvalue weighted by Gasteiger charge is 2.33. The van der Waals surface area contributed by atoms with Crippen molar-refractivity contribution >= 4 is 17.8 Å². The summed E-state index contributed by atoms with van der Waals surface area (Å²) in [5.41, 5.74) is 5.72. The second-order valence-electron chi connectivity index (χ2n) is 8.81. The van der Waals surface area contributed by atoms with Crippen molar-refractivity contribution < 1.29 is 28.6 Å². The van der Waals surface area contributed by atoms with Crippen molar-refractivity contribution in [1.82, 2.24) is 10.6 Å². The predicted octanol–water partition coefficient (Wildman–Crippen LogP) is 3.85. The molecular formula is C28H36N2O6. The topological polar surface area (TPSA) is 103 Å². The zero-order chi connectivity index (χ0) is 25.9. The number of methoxy groups -OCH3 is 2. The number of aryl methyl sites for hydroxylation is 1. The highest BCUT2D eigenvalue weighted by molar-refractivity contribution is 6.04. The average Bonchev–Trinajstić information content (AvgIpc) is 3.20. The number of hydrogen-bond donors (Lipinski definition) is 2. The Balaban J connectivity index is 1.83. The monoisotopic (exact) mass is 496 g/mol. The molecule has 1 aliphatic carbocycles. The second-order valence-corrected chi connectivity index (χ2v) is 8.81. The quantitative estimate of drug-likeness (QED) is 0.304. The minimum absolute atomic E-state index is 0.00842. The predicted molar refractivity (Wildman–Crippen MR) is 137 cm³/mol. The van der Waals surface area contributed by atoms with Crippen LogP contribution in [0.4, 0.5) is 4.79 Å². The number of alkyl carbamates (subject to hydrolysis) is 1. The van der Waals surface area contributed by atoms with Crippen molar-refractivity contribution in [2.75, 3.05) is 47.6 Å². The summed E-state index contributed by atoms with van der Waals surface area (Å²) in [6.07, 6.45) is 2.47. The van der Waals surface area contributed by atoms with Gasteiger partial charge in [-0.25, -0.2) is 4.79 Å². The molecule has 0 radical (unpaired) electrons. The van der Waals surface area contributed by atoms with E-state index in [9.17, 15) is 14.4 Å². The zero-order valence-electron chi connectivity index (χ0n) is 21.4. The molecule has 0 fully saturated rings. The standard InChI is InChI=1S/C28H36N2O6/c1-29-28(33)36-18-24-20-8-5-9-22(25(31)10-6-15-34-2)27(20)21-13-12-19(17-23(21)24)7-4-11-26(32)30-14-16-35-3/h5,8-9,12-13,17,24H,4,6-7,10-11,14-16,18H2,1-3H3,(H,29,33)(H,30,32). The molecule has 0 spiro atoms. The number of Topliss-reactive ketones (excluding diaryl/α,β-unsaturated/α-hetero) is 1. The van der Waals surface area contributed by atoms with Crippen LogP contribution in [0.1, 0.15) is 58.6 Å². The van der Waals surface area contributed by atoms with Crippen molar-refractivity contribution in [2.45, 2.75) is 38.0 Å². The Morgan fingerprint density at radius 1 is 0.944 bits per heavy atom. The molecule has 2 aromatic carbocycles. The molecular weight excluding hydrogens is 460 g/mol. The van der Waals surface area contributed by atoms with Crippen molar-refractivity contribution in [2.24, 2.45) is 0 Å². The number of carbonyl (C=O) groups excluding carboxylic acids is 3. The van der Waals surface area contributed by atoms with Gasteiger partial charge in [0.15, 0.2) is 5.78 Å². The molecule has 0 aliphatic heterocycles. The molecule has 8 nitrogen and oxygen atoms in total. The molecule has 1 atom stereocenters. The van der Waals surface area contributed by atoms with E-state index in [1.54, 1.807) is 14.2 Å². The van der Waals surface area contributed by atoms with Crippen molar-refractivity contribution in [3.8, 4) is 11.1 Å². The molecule has 2 N–H and O–H groups in total. The Kier molecular flexibility index (Phi) is 10.5. The molecule has 0 saturated carbocycles. The first-order valence-electron chi connectivity index (χ1n) is 12.4. The third kappa shape index (κ3) is 6.92. The lowest BCUT2D eigenvalue weighted by Gasteiger charge is -2.15. The van der Waals surface area contributed by atoms with E-state index < -0.39 is 6.09 Å². The first kappa shape index (κ1) is 27.4. The largest absolute Gasteiger partial charge is 0.449 e. The fourth-order valence-electron chi connectivity index (χ4n) is 4.60. The second kappa shape index (κ2) is 13.8. The highest BCUT2D eigenvalue weighted by Crippen LogP contribution is 2.47. The van der Waals surface area contributed by atoms with E-state index in [-0.39, 0.29) is 24.2 Å². The van der Waals surface area contributed by atoms with Crippen LogP contribution in [0, 0.1) is 0 Å². The van der Waals surface area contributed by atoms with Crippen LogP contribution in [-0.4, -0.2) is 65.4 Å². The molecule has 2 amide bonds. The van der Waals surface area contributed by atoms with Crippen LogP contribution in [-0.2, 0) is 25.4 Å². The minimum Gasteiger partial charge on any atom is -0.449 e. The molecule has 2 aromatic rings. The number of fused-ring (bicyclic) bond motifs is 3. The smallest absolute Gasteiger partial charge is 0.406 e. The molecule has 0 heterocycles. The number of hydrogen-bond acceptors (Lipinski definition) is 6. The van der Waals surface area contributed by atoms with E-state index in [1.165, 1.54) is 7.05 Å². The maximum absolute atomic E-state index is 13.1. The van der Waals surface area contributed by atoms with Gasteiger partial charge in [0, 0.05) is 58.7 Å². The third-order valence-electron chi connectivity index (χ3n) is 6.37. The van der Waals surface area contributed by atoms with Gasteiger partial charge in [-0.05, 0) is 47.1 Å². The van der Waals surface area contributed by atoms with E-state index in [2.05, 4.69) is 22.8 Å². The molecule has 0 aromatic heterocycles. The molecule has 0 bridgehead atoms. The Hall–Kier alpha value is -3.23. The number of amides is 2. The van der Waals surface area contributed by atoms with E-state index in [0.717, 1.165) is 34.2 Å². The summed E-state index contributed by atoms with van der Waals surface area (Å²) >= 11 is 0. The highest BCUT2D eigenvalue weighted by atomic mass is 16.5. The summed E-state index contributed by atoms with van der Waals surface area (Å²) < 4.78 is 15.5. The van der Waals surface area contributed by atoms with Crippen LogP contribution in [0.2, 0.25) is 0 Å². The Morgan fingerprint density at radius 2 is 1.75 bits per heavy atom. The van der Waals surface area contributed by atoms with Gasteiger partial charge in [0.25, 0.3) is 0 Å². The van der Waals surface area contributed by atoms with Crippen molar-refractivity contribution in [3.63, 3.8) is 0 Å². The summed E-state index contributed by atoms with van der Waals surface area (Å²) in [4.78, 5) is 36.9. The number of benzene rings is 2. The van der Waals surface area contributed by atoms with Gasteiger partial charge in [-0.1, -0.05) is 36.4 Å². The van der Waals surface area contributed by atoms with Gasteiger partial charge >= 0.3 is 6.09 Å². The Labute approximate surface area is 212 Å². The van der Waals surface area contributed by atoms with Crippen LogP contribution in [0.15, 0.2) is 36.4 Å². The van der Waals surface area contributed by atoms with E-state index in [1.807, 2.05) is 24.3 Å². The Morgan fingerprint density at radius 3 is 2.50 bits per heavy atom. The van der Waals surface area contributed by atoms with Crippen LogP contribution in [0.5, 0.6) is 0 Å². The van der Waals surface area contributed by atoms with Crippen molar-refractivity contribution in [3.05, 3.63) is 58.7 Å². The van der Waals surface area contributed by atoms with Crippen LogP contribution in [0.3, 0.4) is 0 Å². The molecule has 3 rings (SSSR count). The van der Waals surface area contributed by atoms with Crippen LogP contribution >= 0.6 is 0 Å². The van der Waals surface area contributed by atoms with Gasteiger partial charge in [-0.2, -0.15) is 0 Å². The fraction of sp³-hybridized carbons (Fsp3) is 0.464. The summed E-state index contributed by atoms with van der Waals surface area (Å²) in [5.74, 6) is -0.0864. The zero-order valence-corrected chi connectivity index (χ0v) is 21.4. The molecule has 1 aliphatic rings. The molecule has 8 heteroatoms. The third-order valence-corrected chi connectivity index (χ3v) is 6.37. The van der Waals surface area contributed by atoms with E-state index in [0.29, 0.717) is 51.0 Å². The molecule has 0 saturated heterocycles. The number of nitrogens with one attached hydrogen (secondary N) is 2. The summed E-state index contributed by atoms with van der Waals surface area (Å²) in [6.45, 7) is 1.71. The van der Waals surface area contributed by atoms with Crippen LogP contribution < -0.4 is 10.6 Å². The molecule has 1 unspecified atom stereocenters. The van der Waals surface area contributed by atoms with Crippen LogP contribution in [0.25, 0.3) is 11.1 Å². The molecule has 194 valence electrons. The lowest BCUT2D eigenvalue weighted by atomic mass is 9.93. The maximum atomic E-state index is 13.1. The SMILES string of the molecule is CNC(=O)OCC1c2cc(CCCC(=O)NCCOC)ccc2-c2c(C(=O)CCCOC)cccc21. The van der Waals surface area contributed by atoms with Gasteiger partial charge < -0.3 is 24.8 Å². The number of carbonyl (C=O) groups is 3. The normalized spacial score (nSPS) is 13.6. The van der Waals surface area contributed by atoms with E-state index >= 15 is 0 Å². The lowest BCUT2D eigenvalue weighted by molar-refractivity contribution is -0.121. The number of ether oxygens (including phenoxy) is 3. The van der Waals surface area contributed by atoms with Gasteiger partial charge in [0.1, 0.15) is 6.61 Å². The first-order valence-corrected chi connectivity index (χ1v) is 12.4. The number of ketones is 1. The van der Waals surface area contributed by atoms with E-state index in [4.69, 9.17) is 14.2 Å². The average molecular weight is 497 g/mol. The van der Waals surface area contributed by atoms with Gasteiger partial charge in [0.2, 0.25) is 5.91 Å². The number of rotatable bonds is 14.